The predicted octanol–water partition coefficient (Wildman–Crippen LogP) is 3.68. The van der Waals surface area contributed by atoms with Crippen molar-refractivity contribution in [3.05, 3.63) is 0 Å². The van der Waals surface area contributed by atoms with E-state index < -0.39 is 8.32 Å². The predicted molar refractivity (Wildman–Crippen MR) is 68.8 cm³/mol. The molecule has 0 aromatic carbocycles. The van der Waals surface area contributed by atoms with Crippen molar-refractivity contribution in [1.82, 2.24) is 0 Å². The number of ether oxygens (including phenoxy) is 1. The molecule has 0 aliphatic rings. The van der Waals surface area contributed by atoms with Gasteiger partial charge in [0, 0.05) is 19.1 Å². The van der Waals surface area contributed by atoms with Crippen molar-refractivity contribution in [3.8, 4) is 0 Å². The molecule has 0 heterocycles. The highest BCUT2D eigenvalue weighted by atomic mass is 28.4. The molecule has 0 aromatic heterocycles. The lowest BCUT2D eigenvalue weighted by Gasteiger charge is -2.38. The Hall–Kier alpha value is 0.137. The number of hydrogen-bond donors (Lipinski definition) is 0. The fourth-order valence-corrected chi connectivity index (χ4v) is 2.21. The van der Waals surface area contributed by atoms with Gasteiger partial charge in [-0.15, -0.1) is 0 Å². The Morgan fingerprint density at radius 2 is 1.40 bits per heavy atom. The van der Waals surface area contributed by atoms with Gasteiger partial charge in [0.2, 0.25) is 0 Å². The van der Waals surface area contributed by atoms with Gasteiger partial charge in [0.1, 0.15) is 0 Å². The topological polar surface area (TPSA) is 18.5 Å². The average Bonchev–Trinajstić information content (AvgIpc) is 1.99. The van der Waals surface area contributed by atoms with Crippen LogP contribution < -0.4 is 0 Å². The third-order valence-corrected chi connectivity index (χ3v) is 7.64. The summed E-state index contributed by atoms with van der Waals surface area (Å²) in [5, 5.41) is 0.288. The van der Waals surface area contributed by atoms with Crippen molar-refractivity contribution in [2.24, 2.45) is 5.41 Å². The SMILES string of the molecule is COCC(C)(C)CO[Si](C)(C)C(C)(C)C. The number of hydrogen-bond acceptors (Lipinski definition) is 2. The molecular formula is C12H28O2Si. The van der Waals surface area contributed by atoms with Crippen LogP contribution in [0.2, 0.25) is 18.1 Å². The molecule has 0 unspecified atom stereocenters. The van der Waals surface area contributed by atoms with Crippen LogP contribution in [0.3, 0.4) is 0 Å². The molecule has 0 atom stereocenters. The van der Waals surface area contributed by atoms with Gasteiger partial charge in [-0.25, -0.2) is 0 Å². The van der Waals surface area contributed by atoms with Crippen molar-refractivity contribution >= 4 is 8.32 Å². The van der Waals surface area contributed by atoms with Gasteiger partial charge in [-0.2, -0.15) is 0 Å². The minimum absolute atomic E-state index is 0.115. The zero-order valence-electron chi connectivity index (χ0n) is 11.7. The van der Waals surface area contributed by atoms with Crippen LogP contribution in [0.5, 0.6) is 0 Å². The second-order valence-corrected chi connectivity index (χ2v) is 11.5. The normalized spacial score (nSPS) is 14.4. The van der Waals surface area contributed by atoms with E-state index in [4.69, 9.17) is 9.16 Å². The van der Waals surface area contributed by atoms with Gasteiger partial charge < -0.3 is 9.16 Å². The molecule has 0 amide bonds. The van der Waals surface area contributed by atoms with E-state index in [1.165, 1.54) is 0 Å². The summed E-state index contributed by atoms with van der Waals surface area (Å²) in [6, 6.07) is 0. The van der Waals surface area contributed by atoms with E-state index in [1.807, 2.05) is 0 Å². The Labute approximate surface area is 96.5 Å². The molecular weight excluding hydrogens is 204 g/mol. The molecule has 0 aromatic rings. The van der Waals surface area contributed by atoms with Crippen molar-refractivity contribution < 1.29 is 9.16 Å². The first kappa shape index (κ1) is 15.1. The van der Waals surface area contributed by atoms with E-state index in [0.717, 1.165) is 13.2 Å². The Balaban J connectivity index is 4.26. The standard InChI is InChI=1S/C12H28O2Si/c1-11(2,3)15(7,8)14-10-12(4,5)9-13-6/h9-10H2,1-8H3. The molecule has 0 rings (SSSR count). The van der Waals surface area contributed by atoms with E-state index in [-0.39, 0.29) is 10.5 Å². The van der Waals surface area contributed by atoms with Gasteiger partial charge in [0.05, 0.1) is 6.61 Å². The zero-order valence-corrected chi connectivity index (χ0v) is 12.7. The molecule has 3 heteroatoms. The van der Waals surface area contributed by atoms with Gasteiger partial charge in [-0.1, -0.05) is 34.6 Å². The highest BCUT2D eigenvalue weighted by molar-refractivity contribution is 6.74. The maximum Gasteiger partial charge on any atom is 0.192 e. The lowest BCUT2D eigenvalue weighted by molar-refractivity contribution is 0.0595. The van der Waals surface area contributed by atoms with E-state index in [1.54, 1.807) is 7.11 Å². The first-order valence-corrected chi connectivity index (χ1v) is 8.56. The Morgan fingerprint density at radius 3 is 1.73 bits per heavy atom. The third kappa shape index (κ3) is 5.14. The van der Waals surface area contributed by atoms with Crippen LogP contribution in [-0.4, -0.2) is 28.6 Å². The van der Waals surface area contributed by atoms with Crippen LogP contribution in [-0.2, 0) is 9.16 Å². The molecule has 15 heavy (non-hydrogen) atoms. The Bertz CT molecular complexity index is 192. The van der Waals surface area contributed by atoms with Crippen LogP contribution >= 0.6 is 0 Å². The quantitative estimate of drug-likeness (QED) is 0.673. The smallest absolute Gasteiger partial charge is 0.192 e. The highest BCUT2D eigenvalue weighted by Gasteiger charge is 2.38. The number of methoxy groups -OCH3 is 1. The summed E-state index contributed by atoms with van der Waals surface area (Å²) in [6.07, 6.45) is 0. The van der Waals surface area contributed by atoms with E-state index >= 15 is 0 Å². The molecule has 0 N–H and O–H groups in total. The van der Waals surface area contributed by atoms with Crippen molar-refractivity contribution in [3.63, 3.8) is 0 Å². The third-order valence-electron chi connectivity index (χ3n) is 3.17. The average molecular weight is 232 g/mol. The molecule has 0 radical (unpaired) electrons. The molecule has 0 saturated carbocycles. The maximum atomic E-state index is 6.17. The van der Waals surface area contributed by atoms with Gasteiger partial charge >= 0.3 is 0 Å². The van der Waals surface area contributed by atoms with Gasteiger partial charge in [0.25, 0.3) is 0 Å². The monoisotopic (exact) mass is 232 g/mol. The van der Waals surface area contributed by atoms with Crippen molar-refractivity contribution in [2.75, 3.05) is 20.3 Å². The second kappa shape index (κ2) is 4.98. The summed E-state index contributed by atoms with van der Waals surface area (Å²) in [5.74, 6) is 0. The van der Waals surface area contributed by atoms with Crippen LogP contribution in [0.4, 0.5) is 0 Å². The van der Waals surface area contributed by atoms with Gasteiger partial charge in [-0.05, 0) is 18.1 Å². The van der Waals surface area contributed by atoms with Gasteiger partial charge in [-0.3, -0.25) is 0 Å². The summed E-state index contributed by atoms with van der Waals surface area (Å²) in [7, 11) is 0.145. The molecule has 0 bridgehead atoms. The molecule has 2 nitrogen and oxygen atoms in total. The largest absolute Gasteiger partial charge is 0.416 e. The minimum atomic E-state index is -1.60. The number of rotatable bonds is 5. The molecule has 0 aliphatic heterocycles. The molecule has 0 spiro atoms. The van der Waals surface area contributed by atoms with Crippen LogP contribution in [0.1, 0.15) is 34.6 Å². The van der Waals surface area contributed by atoms with Crippen molar-refractivity contribution in [1.29, 1.82) is 0 Å². The van der Waals surface area contributed by atoms with Crippen molar-refractivity contribution in [2.45, 2.75) is 52.8 Å². The van der Waals surface area contributed by atoms with E-state index in [0.29, 0.717) is 0 Å². The lowest BCUT2D eigenvalue weighted by Crippen LogP contribution is -2.43. The van der Waals surface area contributed by atoms with E-state index in [9.17, 15) is 0 Å². The first-order valence-electron chi connectivity index (χ1n) is 5.65. The minimum Gasteiger partial charge on any atom is -0.416 e. The highest BCUT2D eigenvalue weighted by Crippen LogP contribution is 2.37. The summed E-state index contributed by atoms with van der Waals surface area (Å²) >= 11 is 0. The van der Waals surface area contributed by atoms with Gasteiger partial charge in [0.15, 0.2) is 8.32 Å². The van der Waals surface area contributed by atoms with E-state index in [2.05, 4.69) is 47.7 Å². The first-order chi connectivity index (χ1) is 6.52. The molecule has 92 valence electrons. The Morgan fingerprint density at radius 1 is 0.933 bits per heavy atom. The fourth-order valence-electron chi connectivity index (χ4n) is 1.02. The summed E-state index contributed by atoms with van der Waals surface area (Å²) < 4.78 is 11.4. The molecule has 0 fully saturated rings. The molecule has 0 saturated heterocycles. The van der Waals surface area contributed by atoms with Crippen LogP contribution in [0.15, 0.2) is 0 Å². The summed E-state index contributed by atoms with van der Waals surface area (Å²) in [4.78, 5) is 0. The zero-order chi connectivity index (χ0) is 12.3. The fraction of sp³-hybridized carbons (Fsp3) is 1.00. The summed E-state index contributed by atoms with van der Waals surface area (Å²) in [6.45, 7) is 17.3. The van der Waals surface area contributed by atoms with Crippen LogP contribution in [0.25, 0.3) is 0 Å². The Kier molecular flexibility index (Phi) is 5.02. The lowest BCUT2D eigenvalue weighted by atomic mass is 9.97. The second-order valence-electron chi connectivity index (χ2n) is 6.65. The molecule has 0 aliphatic carbocycles. The van der Waals surface area contributed by atoms with Crippen LogP contribution in [0, 0.1) is 5.41 Å². The maximum absolute atomic E-state index is 6.17. The summed E-state index contributed by atoms with van der Waals surface area (Å²) in [5.41, 5.74) is 0.115.